The van der Waals surface area contributed by atoms with Gasteiger partial charge in [-0.05, 0) is 27.8 Å². The average Bonchev–Trinajstić information content (AvgIpc) is 2.34. The van der Waals surface area contributed by atoms with Gasteiger partial charge in [0.2, 0.25) is 10.0 Å². The van der Waals surface area contributed by atoms with Gasteiger partial charge in [0.15, 0.2) is 6.20 Å². The van der Waals surface area contributed by atoms with E-state index in [-0.39, 0.29) is 16.9 Å². The van der Waals surface area contributed by atoms with Crippen LogP contribution in [0, 0.1) is 15.5 Å². The van der Waals surface area contributed by atoms with Crippen molar-refractivity contribution in [1.29, 1.82) is 0 Å². The Hall–Kier alpha value is -1.58. The number of pyridine rings is 1. The molecule has 0 saturated carbocycles. The summed E-state index contributed by atoms with van der Waals surface area (Å²) in [6.45, 7) is 5.68. The van der Waals surface area contributed by atoms with E-state index >= 15 is 0 Å². The lowest BCUT2D eigenvalue weighted by molar-refractivity contribution is -0.389. The van der Waals surface area contributed by atoms with E-state index in [0.717, 1.165) is 18.3 Å². The molecule has 1 heterocycles. The maximum absolute atomic E-state index is 12.0. The fourth-order valence-electron chi connectivity index (χ4n) is 1.71. The lowest BCUT2D eigenvalue weighted by atomic mass is 9.89. The fraction of sp³-hybridized carbons (Fsp3) is 0.583. The van der Waals surface area contributed by atoms with E-state index in [1.807, 2.05) is 20.8 Å². The molecule has 0 saturated heterocycles. The number of rotatable bonds is 6. The number of hydrogen-bond acceptors (Lipinski definition) is 6. The van der Waals surface area contributed by atoms with E-state index in [9.17, 15) is 23.6 Å². The second kappa shape index (κ2) is 6.46. The second-order valence-corrected chi connectivity index (χ2v) is 7.65. The molecule has 1 rings (SSSR count). The van der Waals surface area contributed by atoms with Crippen LogP contribution in [0.15, 0.2) is 23.2 Å². The topological polar surface area (TPSA) is 122 Å². The molecule has 0 aliphatic carbocycles. The molecular formula is C12H19N3O5S. The van der Waals surface area contributed by atoms with Gasteiger partial charge in [-0.15, -0.1) is 0 Å². The molecule has 1 aromatic rings. The molecule has 0 aliphatic heterocycles. The van der Waals surface area contributed by atoms with Crippen LogP contribution in [-0.2, 0) is 10.0 Å². The van der Waals surface area contributed by atoms with E-state index in [2.05, 4.69) is 9.71 Å². The molecule has 1 atom stereocenters. The summed E-state index contributed by atoms with van der Waals surface area (Å²) in [6.07, 6.45) is 0.538. The van der Waals surface area contributed by atoms with Gasteiger partial charge in [-0.2, -0.15) is 0 Å². The first kappa shape index (κ1) is 17.5. The van der Waals surface area contributed by atoms with Gasteiger partial charge in [0, 0.05) is 12.6 Å². The molecular weight excluding hydrogens is 298 g/mol. The van der Waals surface area contributed by atoms with Crippen LogP contribution in [0.4, 0.5) is 5.82 Å². The number of nitro groups is 1. The second-order valence-electron chi connectivity index (χ2n) is 5.88. The molecule has 9 heteroatoms. The van der Waals surface area contributed by atoms with Crippen molar-refractivity contribution in [3.63, 3.8) is 0 Å². The first-order valence-corrected chi connectivity index (χ1v) is 7.78. The van der Waals surface area contributed by atoms with Crippen molar-refractivity contribution in [3.8, 4) is 0 Å². The summed E-state index contributed by atoms with van der Waals surface area (Å²) in [5.74, 6) is -0.429. The molecule has 21 heavy (non-hydrogen) atoms. The van der Waals surface area contributed by atoms with Gasteiger partial charge < -0.3 is 15.2 Å². The molecule has 2 N–H and O–H groups in total. The highest BCUT2D eigenvalue weighted by atomic mass is 32.2. The summed E-state index contributed by atoms with van der Waals surface area (Å²) in [4.78, 5) is 13.0. The Morgan fingerprint density at radius 1 is 1.43 bits per heavy atom. The highest BCUT2D eigenvalue weighted by Crippen LogP contribution is 2.20. The van der Waals surface area contributed by atoms with Crippen LogP contribution >= 0.6 is 0 Å². The smallest absolute Gasteiger partial charge is 0.363 e. The SMILES string of the molecule is CC(C)(C)CC(O)CNS(=O)(=O)c1ccc([N+](=O)[O-])nc1. The minimum atomic E-state index is -3.85. The molecule has 0 radical (unpaired) electrons. The van der Waals surface area contributed by atoms with Gasteiger partial charge in [-0.25, -0.2) is 13.1 Å². The zero-order valence-corrected chi connectivity index (χ0v) is 12.9. The number of nitrogens with zero attached hydrogens (tertiary/aromatic N) is 2. The Morgan fingerprint density at radius 2 is 2.05 bits per heavy atom. The van der Waals surface area contributed by atoms with E-state index in [1.54, 1.807) is 0 Å². The number of aromatic nitrogens is 1. The minimum absolute atomic E-state index is 0.125. The van der Waals surface area contributed by atoms with Gasteiger partial charge in [0.25, 0.3) is 0 Å². The van der Waals surface area contributed by atoms with Crippen molar-refractivity contribution in [2.75, 3.05) is 6.54 Å². The Morgan fingerprint density at radius 3 is 2.48 bits per heavy atom. The Bertz CT molecular complexity index is 592. The van der Waals surface area contributed by atoms with Gasteiger partial charge in [-0.3, -0.25) is 0 Å². The Labute approximate surface area is 123 Å². The number of nitrogens with one attached hydrogen (secondary N) is 1. The van der Waals surface area contributed by atoms with Crippen LogP contribution in [0.5, 0.6) is 0 Å². The first-order valence-electron chi connectivity index (χ1n) is 6.29. The van der Waals surface area contributed by atoms with Crippen molar-refractivity contribution in [2.24, 2.45) is 5.41 Å². The summed E-state index contributed by atoms with van der Waals surface area (Å²) < 4.78 is 26.2. The molecule has 0 aliphatic rings. The predicted octanol–water partition coefficient (Wildman–Crippen LogP) is 1.07. The number of hydrogen-bond donors (Lipinski definition) is 2. The quantitative estimate of drug-likeness (QED) is 0.597. The number of sulfonamides is 1. The zero-order valence-electron chi connectivity index (χ0n) is 12.1. The zero-order chi connectivity index (χ0) is 16.3. The maximum Gasteiger partial charge on any atom is 0.363 e. The molecule has 0 fully saturated rings. The fourth-order valence-corrected chi connectivity index (χ4v) is 2.72. The van der Waals surface area contributed by atoms with Crippen molar-refractivity contribution in [3.05, 3.63) is 28.4 Å². The predicted molar refractivity (Wildman–Crippen MR) is 76.2 cm³/mol. The monoisotopic (exact) mass is 317 g/mol. The molecule has 118 valence electrons. The summed E-state index contributed by atoms with van der Waals surface area (Å²) >= 11 is 0. The minimum Gasteiger partial charge on any atom is -0.392 e. The van der Waals surface area contributed by atoms with Gasteiger partial charge in [-0.1, -0.05) is 20.8 Å². The highest BCUT2D eigenvalue weighted by molar-refractivity contribution is 7.89. The van der Waals surface area contributed by atoms with Gasteiger partial charge >= 0.3 is 5.82 Å². The van der Waals surface area contributed by atoms with Crippen molar-refractivity contribution >= 4 is 15.8 Å². The number of aliphatic hydroxyl groups excluding tert-OH is 1. The van der Waals surface area contributed by atoms with Crippen molar-refractivity contribution in [1.82, 2.24) is 9.71 Å². The molecule has 0 amide bonds. The summed E-state index contributed by atoms with van der Waals surface area (Å²) in [5, 5.41) is 20.2. The van der Waals surface area contributed by atoms with E-state index in [0.29, 0.717) is 6.42 Å². The van der Waals surface area contributed by atoms with Crippen LogP contribution in [0.3, 0.4) is 0 Å². The summed E-state index contributed by atoms with van der Waals surface area (Å²) in [5.41, 5.74) is -0.125. The Kier molecular flexibility index (Phi) is 5.37. The summed E-state index contributed by atoms with van der Waals surface area (Å²) in [6, 6.07) is 2.11. The highest BCUT2D eigenvalue weighted by Gasteiger charge is 2.21. The molecule has 1 aromatic heterocycles. The average molecular weight is 317 g/mol. The van der Waals surface area contributed by atoms with Crippen molar-refractivity contribution in [2.45, 2.75) is 38.2 Å². The van der Waals surface area contributed by atoms with Crippen LogP contribution in [0.25, 0.3) is 0 Å². The third-order valence-corrected chi connectivity index (χ3v) is 3.98. The molecule has 8 nitrogen and oxygen atoms in total. The third-order valence-electron chi connectivity index (χ3n) is 2.58. The standard InChI is InChI=1S/C12H19N3O5S/c1-12(2,3)6-9(16)7-14-21(19,20)10-4-5-11(13-8-10)15(17)18/h4-5,8-9,14,16H,6-7H2,1-3H3. The van der Waals surface area contributed by atoms with Gasteiger partial charge in [0.05, 0.1) is 6.10 Å². The third kappa shape index (κ3) is 5.74. The first-order chi connectivity index (χ1) is 9.51. The molecule has 0 bridgehead atoms. The summed E-state index contributed by atoms with van der Waals surface area (Å²) in [7, 11) is -3.85. The van der Waals surface area contributed by atoms with E-state index in [4.69, 9.17) is 0 Å². The maximum atomic E-state index is 12.0. The van der Waals surface area contributed by atoms with E-state index in [1.165, 1.54) is 0 Å². The normalized spacial score (nSPS) is 13.9. The molecule has 1 unspecified atom stereocenters. The van der Waals surface area contributed by atoms with Gasteiger partial charge in [0.1, 0.15) is 4.90 Å². The Balaban J connectivity index is 2.71. The van der Waals surface area contributed by atoms with Crippen LogP contribution in [-0.4, -0.2) is 36.1 Å². The number of aliphatic hydroxyl groups is 1. The lowest BCUT2D eigenvalue weighted by Crippen LogP contribution is -2.34. The largest absolute Gasteiger partial charge is 0.392 e. The molecule has 0 spiro atoms. The van der Waals surface area contributed by atoms with Crippen LogP contribution in [0.2, 0.25) is 0 Å². The van der Waals surface area contributed by atoms with Crippen molar-refractivity contribution < 1.29 is 18.4 Å². The van der Waals surface area contributed by atoms with Crippen LogP contribution < -0.4 is 4.72 Å². The lowest BCUT2D eigenvalue weighted by Gasteiger charge is -2.22. The van der Waals surface area contributed by atoms with E-state index < -0.39 is 26.9 Å². The van der Waals surface area contributed by atoms with Crippen LogP contribution in [0.1, 0.15) is 27.2 Å². The molecule has 0 aromatic carbocycles.